The summed E-state index contributed by atoms with van der Waals surface area (Å²) in [5, 5.41) is 20.4. The summed E-state index contributed by atoms with van der Waals surface area (Å²) in [6.45, 7) is 2.21. The normalized spacial score (nSPS) is 27.8. The number of nitriles is 1. The van der Waals surface area contributed by atoms with E-state index < -0.39 is 11.5 Å². The molecular formula is C17H22BrNO. The van der Waals surface area contributed by atoms with Crippen LogP contribution in [-0.4, -0.2) is 5.11 Å². The fourth-order valence-electron chi connectivity index (χ4n) is 3.33. The van der Waals surface area contributed by atoms with Crippen LogP contribution in [0.3, 0.4) is 0 Å². The molecule has 0 bridgehead atoms. The minimum atomic E-state index is -0.703. The van der Waals surface area contributed by atoms with Gasteiger partial charge in [0, 0.05) is 4.47 Å². The van der Waals surface area contributed by atoms with Gasteiger partial charge in [0.05, 0.1) is 17.6 Å². The maximum Gasteiger partial charge on any atom is 0.0987 e. The lowest BCUT2D eigenvalue weighted by molar-refractivity contribution is 0.0232. The number of halogens is 1. The lowest BCUT2D eigenvalue weighted by atomic mass is 9.66. The first kappa shape index (κ1) is 15.5. The van der Waals surface area contributed by atoms with E-state index in [-0.39, 0.29) is 0 Å². The van der Waals surface area contributed by atoms with Crippen LogP contribution in [0.25, 0.3) is 0 Å². The first-order valence-corrected chi connectivity index (χ1v) is 8.26. The standard InChI is InChI=1S/C17H22BrNO/c1-2-5-13-8-10-17(12-19,11-9-13)16(20)14-6-3-4-7-15(14)18/h3-4,6-7,13,16,20H,2,5,8-11H2,1H3. The quantitative estimate of drug-likeness (QED) is 0.842. The maximum absolute atomic E-state index is 10.7. The molecule has 1 aliphatic rings. The van der Waals surface area contributed by atoms with Crippen LogP contribution in [-0.2, 0) is 0 Å². The number of aliphatic hydroxyl groups excluding tert-OH is 1. The average Bonchev–Trinajstić information content (AvgIpc) is 2.48. The lowest BCUT2D eigenvalue weighted by Gasteiger charge is -2.38. The van der Waals surface area contributed by atoms with Crippen LogP contribution >= 0.6 is 15.9 Å². The molecule has 2 rings (SSSR count). The Hall–Kier alpha value is -0.850. The van der Waals surface area contributed by atoms with Crippen LogP contribution in [0.1, 0.15) is 57.1 Å². The number of hydrogen-bond donors (Lipinski definition) is 1. The molecule has 1 fully saturated rings. The van der Waals surface area contributed by atoms with Gasteiger partial charge in [-0.2, -0.15) is 5.26 Å². The van der Waals surface area contributed by atoms with Crippen LogP contribution in [0, 0.1) is 22.7 Å². The molecule has 0 amide bonds. The number of benzene rings is 1. The highest BCUT2D eigenvalue weighted by molar-refractivity contribution is 9.10. The molecule has 0 heterocycles. The van der Waals surface area contributed by atoms with Crippen molar-refractivity contribution in [3.8, 4) is 6.07 Å². The molecule has 20 heavy (non-hydrogen) atoms. The van der Waals surface area contributed by atoms with Gasteiger partial charge in [0.25, 0.3) is 0 Å². The molecule has 1 saturated carbocycles. The first-order valence-electron chi connectivity index (χ1n) is 7.46. The summed E-state index contributed by atoms with van der Waals surface area (Å²) in [7, 11) is 0. The van der Waals surface area contributed by atoms with Crippen LogP contribution in [0.15, 0.2) is 28.7 Å². The molecule has 0 spiro atoms. The SMILES string of the molecule is CCCC1CCC(C#N)(C(O)c2ccccc2Br)CC1. The fourth-order valence-corrected chi connectivity index (χ4v) is 3.83. The van der Waals surface area contributed by atoms with Crippen molar-refractivity contribution in [1.29, 1.82) is 5.26 Å². The summed E-state index contributed by atoms with van der Waals surface area (Å²) in [4.78, 5) is 0. The Bertz CT molecular complexity index is 486. The summed E-state index contributed by atoms with van der Waals surface area (Å²) in [6, 6.07) is 10.1. The van der Waals surface area contributed by atoms with Crippen LogP contribution in [0.4, 0.5) is 0 Å². The van der Waals surface area contributed by atoms with Gasteiger partial charge in [-0.15, -0.1) is 0 Å². The van der Waals surface area contributed by atoms with Crippen molar-refractivity contribution in [1.82, 2.24) is 0 Å². The molecule has 0 radical (unpaired) electrons. The van der Waals surface area contributed by atoms with Crippen LogP contribution in [0.5, 0.6) is 0 Å². The van der Waals surface area contributed by atoms with E-state index in [1.54, 1.807) is 0 Å². The highest BCUT2D eigenvalue weighted by atomic mass is 79.9. The van der Waals surface area contributed by atoms with E-state index in [0.29, 0.717) is 0 Å². The Morgan fingerprint density at radius 2 is 2.05 bits per heavy atom. The largest absolute Gasteiger partial charge is 0.387 e. The van der Waals surface area contributed by atoms with Crippen LogP contribution < -0.4 is 0 Å². The van der Waals surface area contributed by atoms with Gasteiger partial charge >= 0.3 is 0 Å². The van der Waals surface area contributed by atoms with Gasteiger partial charge in [-0.25, -0.2) is 0 Å². The molecule has 1 unspecified atom stereocenters. The second-order valence-electron chi connectivity index (χ2n) is 5.92. The number of aliphatic hydroxyl groups is 1. The molecule has 108 valence electrons. The Labute approximate surface area is 129 Å². The monoisotopic (exact) mass is 335 g/mol. The molecular weight excluding hydrogens is 314 g/mol. The Morgan fingerprint density at radius 1 is 1.40 bits per heavy atom. The van der Waals surface area contributed by atoms with Crippen molar-refractivity contribution < 1.29 is 5.11 Å². The predicted octanol–water partition coefficient (Wildman–Crippen LogP) is 4.98. The summed E-state index contributed by atoms with van der Waals surface area (Å²) in [5.74, 6) is 0.730. The molecule has 0 aromatic heterocycles. The van der Waals surface area contributed by atoms with Crippen LogP contribution in [0.2, 0.25) is 0 Å². The highest BCUT2D eigenvalue weighted by Crippen LogP contribution is 2.49. The van der Waals surface area contributed by atoms with E-state index in [2.05, 4.69) is 28.9 Å². The maximum atomic E-state index is 10.7. The van der Waals surface area contributed by atoms with Crippen molar-refractivity contribution in [2.75, 3.05) is 0 Å². The minimum Gasteiger partial charge on any atom is -0.387 e. The minimum absolute atomic E-state index is 0.617. The van der Waals surface area contributed by atoms with Gasteiger partial charge in [0.2, 0.25) is 0 Å². The molecule has 1 aromatic rings. The van der Waals surface area contributed by atoms with E-state index in [9.17, 15) is 10.4 Å². The lowest BCUT2D eigenvalue weighted by Crippen LogP contribution is -2.32. The number of rotatable bonds is 4. The number of hydrogen-bond acceptors (Lipinski definition) is 2. The Kier molecular flexibility index (Phi) is 5.23. The van der Waals surface area contributed by atoms with Crippen molar-refractivity contribution >= 4 is 15.9 Å². The molecule has 1 aliphatic carbocycles. The van der Waals surface area contributed by atoms with Gasteiger partial charge in [0.15, 0.2) is 0 Å². The van der Waals surface area contributed by atoms with E-state index in [4.69, 9.17) is 0 Å². The van der Waals surface area contributed by atoms with Gasteiger partial charge in [-0.05, 0) is 43.2 Å². The van der Waals surface area contributed by atoms with Gasteiger partial charge < -0.3 is 5.11 Å². The zero-order valence-corrected chi connectivity index (χ0v) is 13.6. The van der Waals surface area contributed by atoms with Crippen molar-refractivity contribution in [3.05, 3.63) is 34.3 Å². The Morgan fingerprint density at radius 3 is 2.60 bits per heavy atom. The third-order valence-corrected chi connectivity index (χ3v) is 5.36. The summed E-state index contributed by atoms with van der Waals surface area (Å²) in [6.07, 6.45) is 5.47. The molecule has 1 aromatic carbocycles. The molecule has 2 nitrogen and oxygen atoms in total. The molecule has 1 atom stereocenters. The smallest absolute Gasteiger partial charge is 0.0987 e. The van der Waals surface area contributed by atoms with Gasteiger partial charge in [-0.1, -0.05) is 53.9 Å². The summed E-state index contributed by atoms with van der Waals surface area (Å²) < 4.78 is 0.887. The van der Waals surface area contributed by atoms with E-state index in [1.165, 1.54) is 12.8 Å². The second kappa shape index (κ2) is 6.74. The average molecular weight is 336 g/mol. The van der Waals surface area contributed by atoms with Crippen molar-refractivity contribution in [2.24, 2.45) is 11.3 Å². The molecule has 0 aliphatic heterocycles. The van der Waals surface area contributed by atoms with Gasteiger partial charge in [-0.3, -0.25) is 0 Å². The zero-order chi connectivity index (χ0) is 14.6. The third-order valence-electron chi connectivity index (χ3n) is 4.64. The molecule has 0 saturated heterocycles. The van der Waals surface area contributed by atoms with E-state index in [0.717, 1.165) is 41.6 Å². The van der Waals surface area contributed by atoms with E-state index >= 15 is 0 Å². The summed E-state index contributed by atoms with van der Waals surface area (Å²) in [5.41, 5.74) is 0.219. The first-order chi connectivity index (χ1) is 9.63. The van der Waals surface area contributed by atoms with Crippen molar-refractivity contribution in [3.63, 3.8) is 0 Å². The second-order valence-corrected chi connectivity index (χ2v) is 6.78. The molecule has 1 N–H and O–H groups in total. The number of nitrogens with zero attached hydrogens (tertiary/aromatic N) is 1. The molecule has 3 heteroatoms. The van der Waals surface area contributed by atoms with Crippen molar-refractivity contribution in [2.45, 2.75) is 51.6 Å². The van der Waals surface area contributed by atoms with E-state index in [1.807, 2.05) is 24.3 Å². The summed E-state index contributed by atoms with van der Waals surface area (Å²) >= 11 is 3.48. The third kappa shape index (κ3) is 3.07. The fraction of sp³-hybridized carbons (Fsp3) is 0.588. The Balaban J connectivity index is 2.17. The van der Waals surface area contributed by atoms with Gasteiger partial charge in [0.1, 0.15) is 0 Å². The highest BCUT2D eigenvalue weighted by Gasteiger charge is 2.42. The topological polar surface area (TPSA) is 44.0 Å². The zero-order valence-electron chi connectivity index (χ0n) is 12.0. The predicted molar refractivity (Wildman–Crippen MR) is 84.0 cm³/mol.